The fraction of sp³-hybridized carbons (Fsp3) is 0.889. The topological polar surface area (TPSA) is 63.6 Å². The second-order valence-corrected chi connectivity index (χ2v) is 12.1. The third kappa shape index (κ3) is 29.7. The predicted molar refractivity (Wildman–Crippen MR) is 172 cm³/mol. The molecule has 0 aromatic carbocycles. The Balaban J connectivity index is 3.36. The van der Waals surface area contributed by atoms with E-state index in [0.717, 1.165) is 32.1 Å². The van der Waals surface area contributed by atoms with Crippen molar-refractivity contribution in [3.05, 3.63) is 12.2 Å². The fourth-order valence-electron chi connectivity index (χ4n) is 5.42. The number of rotatable bonds is 32. The van der Waals surface area contributed by atoms with Gasteiger partial charge in [-0.3, -0.25) is 9.59 Å². The molecule has 0 aliphatic heterocycles. The first-order valence-corrected chi connectivity index (χ1v) is 17.6. The molecule has 0 aromatic heterocycles. The number of esters is 1. The lowest BCUT2D eigenvalue weighted by molar-refractivity contribution is -0.153. The van der Waals surface area contributed by atoms with Crippen molar-refractivity contribution in [2.45, 2.75) is 194 Å². The highest BCUT2D eigenvalue weighted by Gasteiger charge is 2.22. The van der Waals surface area contributed by atoms with Gasteiger partial charge in [-0.2, -0.15) is 0 Å². The van der Waals surface area contributed by atoms with Crippen LogP contribution in [0.3, 0.4) is 0 Å². The minimum atomic E-state index is -0.923. The van der Waals surface area contributed by atoms with Gasteiger partial charge >= 0.3 is 11.9 Å². The van der Waals surface area contributed by atoms with Crippen LogP contribution in [0.4, 0.5) is 0 Å². The number of carbonyl (C=O) groups is 2. The molecule has 0 bridgehead atoms. The molecule has 0 saturated carbocycles. The van der Waals surface area contributed by atoms with E-state index in [9.17, 15) is 9.59 Å². The first-order valence-electron chi connectivity index (χ1n) is 17.6. The lowest BCUT2D eigenvalue weighted by Gasteiger charge is -2.13. The second-order valence-electron chi connectivity index (χ2n) is 12.1. The molecule has 0 aromatic rings. The summed E-state index contributed by atoms with van der Waals surface area (Å²) in [5.41, 5.74) is 0. The molecule has 0 fully saturated rings. The summed E-state index contributed by atoms with van der Waals surface area (Å²) >= 11 is 0. The van der Waals surface area contributed by atoms with Gasteiger partial charge < -0.3 is 9.84 Å². The fourth-order valence-corrected chi connectivity index (χ4v) is 5.42. The molecule has 236 valence electrons. The molecular weight excluding hydrogens is 496 g/mol. The lowest BCUT2D eigenvalue weighted by atomic mass is 9.97. The molecule has 1 atom stereocenters. The van der Waals surface area contributed by atoms with Gasteiger partial charge in [0.2, 0.25) is 0 Å². The third-order valence-corrected chi connectivity index (χ3v) is 8.02. The van der Waals surface area contributed by atoms with Crippen molar-refractivity contribution in [2.24, 2.45) is 5.92 Å². The van der Waals surface area contributed by atoms with Crippen LogP contribution in [0.25, 0.3) is 0 Å². The van der Waals surface area contributed by atoms with Crippen LogP contribution in [0.1, 0.15) is 194 Å². The zero-order valence-electron chi connectivity index (χ0n) is 26.9. The number of ether oxygens (including phenoxy) is 1. The van der Waals surface area contributed by atoms with Crippen LogP contribution in [-0.4, -0.2) is 23.7 Å². The van der Waals surface area contributed by atoms with Gasteiger partial charge in [0.05, 0.1) is 18.9 Å². The van der Waals surface area contributed by atoms with Gasteiger partial charge in [-0.15, -0.1) is 0 Å². The van der Waals surface area contributed by atoms with Crippen molar-refractivity contribution in [1.82, 2.24) is 0 Å². The predicted octanol–water partition coefficient (Wildman–Crippen LogP) is 11.7. The quantitative estimate of drug-likeness (QED) is 0.0501. The number of aliphatic carboxylic acids is 1. The molecule has 0 amide bonds. The number of hydrogen-bond acceptors (Lipinski definition) is 3. The molecule has 0 rings (SSSR count). The molecule has 1 N–H and O–H groups in total. The smallest absolute Gasteiger partial charge is 0.309 e. The summed E-state index contributed by atoms with van der Waals surface area (Å²) in [6.45, 7) is 4.61. The van der Waals surface area contributed by atoms with Crippen LogP contribution < -0.4 is 0 Å². The van der Waals surface area contributed by atoms with Gasteiger partial charge in [0.1, 0.15) is 0 Å². The summed E-state index contributed by atoms with van der Waals surface area (Å²) < 4.78 is 5.15. The molecule has 0 aliphatic rings. The van der Waals surface area contributed by atoms with Crippen molar-refractivity contribution >= 4 is 11.9 Å². The van der Waals surface area contributed by atoms with Crippen molar-refractivity contribution in [3.63, 3.8) is 0 Å². The Labute approximate surface area is 249 Å². The molecule has 1 unspecified atom stereocenters. The Morgan fingerprint density at radius 1 is 0.550 bits per heavy atom. The van der Waals surface area contributed by atoms with Gasteiger partial charge in [0.15, 0.2) is 0 Å². The Morgan fingerprint density at radius 3 is 1.30 bits per heavy atom. The number of allylic oxidation sites excluding steroid dienone is 2. The summed E-state index contributed by atoms with van der Waals surface area (Å²) in [5, 5.41) is 9.04. The Morgan fingerprint density at radius 2 is 0.925 bits per heavy atom. The van der Waals surface area contributed by atoms with Crippen LogP contribution in [0.5, 0.6) is 0 Å². The number of hydrogen-bond donors (Lipinski definition) is 1. The average Bonchev–Trinajstić information content (AvgIpc) is 2.94. The largest absolute Gasteiger partial charge is 0.481 e. The van der Waals surface area contributed by atoms with Gasteiger partial charge in [-0.05, 0) is 38.5 Å². The number of carboxylic acids is 1. The van der Waals surface area contributed by atoms with E-state index in [4.69, 9.17) is 9.84 Å². The number of carbonyl (C=O) groups excluding carboxylic acids is 1. The normalized spacial score (nSPS) is 12.2. The molecule has 0 radical (unpaired) electrons. The van der Waals surface area contributed by atoms with Crippen LogP contribution in [-0.2, 0) is 14.3 Å². The minimum absolute atomic E-state index is 0.120. The average molecular weight is 565 g/mol. The van der Waals surface area contributed by atoms with E-state index in [2.05, 4.69) is 19.1 Å². The number of unbranched alkanes of at least 4 members (excludes halogenated alkanes) is 23. The summed E-state index contributed by atoms with van der Waals surface area (Å²) in [7, 11) is 0. The van der Waals surface area contributed by atoms with Gasteiger partial charge in [0.25, 0.3) is 0 Å². The summed E-state index contributed by atoms with van der Waals surface area (Å²) in [6.07, 6.45) is 39.6. The molecule has 0 saturated heterocycles. The second kappa shape index (κ2) is 32.2. The van der Waals surface area contributed by atoms with Crippen LogP contribution in [0, 0.1) is 5.92 Å². The number of carboxylic acid groups (broad SMARTS) is 1. The van der Waals surface area contributed by atoms with Gasteiger partial charge in [-0.1, -0.05) is 161 Å². The Hall–Kier alpha value is -1.32. The lowest BCUT2D eigenvalue weighted by Crippen LogP contribution is -2.21. The highest BCUT2D eigenvalue weighted by molar-refractivity contribution is 5.79. The van der Waals surface area contributed by atoms with E-state index in [0.29, 0.717) is 13.0 Å². The van der Waals surface area contributed by atoms with E-state index in [1.165, 1.54) is 135 Å². The summed E-state index contributed by atoms with van der Waals surface area (Å²) in [5.74, 6) is -1.77. The van der Waals surface area contributed by atoms with E-state index in [1.807, 2.05) is 6.92 Å². The van der Waals surface area contributed by atoms with E-state index in [1.54, 1.807) is 0 Å². The van der Waals surface area contributed by atoms with E-state index in [-0.39, 0.29) is 12.4 Å². The highest BCUT2D eigenvalue weighted by atomic mass is 16.5. The molecule has 40 heavy (non-hydrogen) atoms. The highest BCUT2D eigenvalue weighted by Crippen LogP contribution is 2.18. The van der Waals surface area contributed by atoms with Crippen LogP contribution in [0.15, 0.2) is 12.2 Å². The zero-order valence-corrected chi connectivity index (χ0v) is 26.9. The van der Waals surface area contributed by atoms with E-state index < -0.39 is 11.9 Å². The van der Waals surface area contributed by atoms with Crippen LogP contribution >= 0.6 is 0 Å². The monoisotopic (exact) mass is 565 g/mol. The molecule has 4 heteroatoms. The molecule has 0 aliphatic carbocycles. The van der Waals surface area contributed by atoms with Gasteiger partial charge in [-0.25, -0.2) is 0 Å². The third-order valence-electron chi connectivity index (χ3n) is 8.02. The minimum Gasteiger partial charge on any atom is -0.481 e. The van der Waals surface area contributed by atoms with Crippen LogP contribution in [0.2, 0.25) is 0 Å². The first kappa shape index (κ1) is 38.7. The van der Waals surface area contributed by atoms with Crippen molar-refractivity contribution < 1.29 is 19.4 Å². The zero-order chi connectivity index (χ0) is 29.4. The first-order chi connectivity index (χ1) is 19.6. The Kier molecular flexibility index (Phi) is 31.1. The maximum atomic E-state index is 12.0. The van der Waals surface area contributed by atoms with Gasteiger partial charge in [0, 0.05) is 0 Å². The standard InChI is InChI=1S/C36H68O4/c1-3-5-6-7-8-9-10-11-12-13-14-15-16-17-18-19-20-21-22-23-24-25-26-27-28-29-30-31-34(33-35(37)38)36(39)40-32-4-2/h24-25,34H,3-23,26-33H2,1-2H3,(H,37,38)/b25-24+. The van der Waals surface area contributed by atoms with Crippen molar-refractivity contribution in [1.29, 1.82) is 0 Å². The summed E-state index contributed by atoms with van der Waals surface area (Å²) in [4.78, 5) is 23.0. The van der Waals surface area contributed by atoms with Crippen molar-refractivity contribution in [2.75, 3.05) is 6.61 Å². The SMILES string of the molecule is CCCCCCCCCCCCCCCCCCCCC/C=C/CCCCCCC(CC(=O)O)C(=O)OCCC. The Bertz CT molecular complexity index is 571. The maximum Gasteiger partial charge on any atom is 0.309 e. The van der Waals surface area contributed by atoms with Crippen molar-refractivity contribution in [3.8, 4) is 0 Å². The summed E-state index contributed by atoms with van der Waals surface area (Å²) in [6, 6.07) is 0. The molecule has 4 nitrogen and oxygen atoms in total. The molecular formula is C36H68O4. The molecule has 0 spiro atoms. The van der Waals surface area contributed by atoms with E-state index >= 15 is 0 Å². The maximum absolute atomic E-state index is 12.0. The molecule has 0 heterocycles.